The van der Waals surface area contributed by atoms with Gasteiger partial charge in [-0.25, -0.2) is 9.97 Å². The summed E-state index contributed by atoms with van der Waals surface area (Å²) >= 11 is 0. The third-order valence-electron chi connectivity index (χ3n) is 4.92. The molecule has 1 aliphatic rings. The van der Waals surface area contributed by atoms with Crippen molar-refractivity contribution in [3.63, 3.8) is 0 Å². The Kier molecular flexibility index (Phi) is 6.03. The lowest BCUT2D eigenvalue weighted by molar-refractivity contribution is -0.139. The largest absolute Gasteiger partial charge is 0.507 e. The highest BCUT2D eigenvalue weighted by Gasteiger charge is 2.46. The Hall–Kier alpha value is -3.13. The van der Waals surface area contributed by atoms with Gasteiger partial charge in [0.2, 0.25) is 0 Å². The number of hydrogen-bond donors (Lipinski definition) is 1. The number of Topliss-reactive ketones (excluding diaryl/α,β-unsaturated/α-hetero) is 1. The average Bonchev–Trinajstić information content (AvgIpc) is 2.93. The molecule has 2 aromatic rings. The Bertz CT molecular complexity index is 956. The molecule has 3 rings (SSSR count). The van der Waals surface area contributed by atoms with Gasteiger partial charge in [0.15, 0.2) is 0 Å². The number of rotatable bonds is 6. The Morgan fingerprint density at radius 2 is 1.90 bits per heavy atom. The van der Waals surface area contributed by atoms with Crippen molar-refractivity contribution in [3.8, 4) is 0 Å². The number of aliphatic hydroxyl groups excluding tert-OH is 1. The number of ketones is 1. The van der Waals surface area contributed by atoms with Gasteiger partial charge in [-0.3, -0.25) is 14.6 Å². The zero-order valence-electron chi connectivity index (χ0n) is 17.1. The van der Waals surface area contributed by atoms with E-state index in [4.69, 9.17) is 0 Å². The van der Waals surface area contributed by atoms with Crippen LogP contribution < -0.4 is 0 Å². The average molecular weight is 395 g/mol. The number of aliphatic hydroxyl groups is 1. The molecule has 1 aliphatic heterocycles. The molecule has 0 unspecified atom stereocenters. The molecule has 8 heteroatoms. The number of pyridine rings is 1. The molecule has 0 saturated carbocycles. The van der Waals surface area contributed by atoms with E-state index in [2.05, 4.69) is 15.0 Å². The zero-order chi connectivity index (χ0) is 21.1. The minimum Gasteiger partial charge on any atom is -0.507 e. The summed E-state index contributed by atoms with van der Waals surface area (Å²) in [6, 6.07) is 2.82. The summed E-state index contributed by atoms with van der Waals surface area (Å²) in [6.07, 6.45) is 5.40. The van der Waals surface area contributed by atoms with Gasteiger partial charge in [0.05, 0.1) is 22.9 Å². The normalized spacial score (nSPS) is 18.7. The van der Waals surface area contributed by atoms with E-state index in [9.17, 15) is 14.7 Å². The molecular weight excluding hydrogens is 370 g/mol. The standard InChI is InChI=1S/C21H25N5O3/c1-13-16(12-23-14(2)24-13)19(27)17-18(15-6-8-22-9-7-15)26(21(29)20(17)28)11-5-10-25(3)4/h6-9,12,18,27H,5,10-11H2,1-4H3/b19-17+/t18-/m0/s1. The van der Waals surface area contributed by atoms with Crippen LogP contribution in [0.1, 0.15) is 35.1 Å². The van der Waals surface area contributed by atoms with Gasteiger partial charge in [0, 0.05) is 25.1 Å². The van der Waals surface area contributed by atoms with Crippen LogP contribution in [-0.4, -0.2) is 68.7 Å². The fourth-order valence-corrected chi connectivity index (χ4v) is 3.52. The van der Waals surface area contributed by atoms with Gasteiger partial charge < -0.3 is 14.9 Å². The maximum Gasteiger partial charge on any atom is 0.295 e. The molecule has 1 N–H and O–H groups in total. The number of carbonyl (C=O) groups is 2. The molecule has 0 spiro atoms. The lowest BCUT2D eigenvalue weighted by atomic mass is 9.96. The van der Waals surface area contributed by atoms with Crippen LogP contribution in [0.25, 0.3) is 5.76 Å². The molecule has 1 saturated heterocycles. The van der Waals surface area contributed by atoms with E-state index in [0.717, 1.165) is 12.1 Å². The Balaban J connectivity index is 2.10. The number of carbonyl (C=O) groups excluding carboxylic acids is 2. The molecule has 8 nitrogen and oxygen atoms in total. The highest BCUT2D eigenvalue weighted by Crippen LogP contribution is 2.39. The Morgan fingerprint density at radius 3 is 2.52 bits per heavy atom. The van der Waals surface area contributed by atoms with Crippen molar-refractivity contribution >= 4 is 17.4 Å². The van der Waals surface area contributed by atoms with E-state index >= 15 is 0 Å². The summed E-state index contributed by atoms with van der Waals surface area (Å²) in [4.78, 5) is 41.7. The first-order valence-electron chi connectivity index (χ1n) is 9.45. The third kappa shape index (κ3) is 4.17. The summed E-state index contributed by atoms with van der Waals surface area (Å²) in [5.41, 5.74) is 1.67. The van der Waals surface area contributed by atoms with Crippen LogP contribution in [0, 0.1) is 13.8 Å². The van der Waals surface area contributed by atoms with Gasteiger partial charge in [-0.2, -0.15) is 0 Å². The minimum absolute atomic E-state index is 0.0570. The van der Waals surface area contributed by atoms with Crippen LogP contribution in [0.4, 0.5) is 0 Å². The third-order valence-corrected chi connectivity index (χ3v) is 4.92. The summed E-state index contributed by atoms with van der Waals surface area (Å²) in [5.74, 6) is -1.00. The SMILES string of the molecule is Cc1ncc(/C(O)=C2\C(=O)C(=O)N(CCCN(C)C)[C@H]2c2ccncc2)c(C)n1. The first kappa shape index (κ1) is 20.6. The highest BCUT2D eigenvalue weighted by atomic mass is 16.3. The number of aryl methyl sites for hydroxylation is 2. The van der Waals surface area contributed by atoms with Gasteiger partial charge in [-0.05, 0) is 58.6 Å². The second-order valence-corrected chi connectivity index (χ2v) is 7.35. The van der Waals surface area contributed by atoms with E-state index in [1.165, 1.54) is 11.1 Å². The molecule has 0 bridgehead atoms. The van der Waals surface area contributed by atoms with Crippen LogP contribution in [0.2, 0.25) is 0 Å². The monoisotopic (exact) mass is 395 g/mol. The molecule has 1 amide bonds. The van der Waals surface area contributed by atoms with Crippen LogP contribution in [0.5, 0.6) is 0 Å². The molecule has 0 aliphatic carbocycles. The van der Waals surface area contributed by atoms with Crippen LogP contribution in [0.15, 0.2) is 36.3 Å². The van der Waals surface area contributed by atoms with Crippen molar-refractivity contribution in [2.75, 3.05) is 27.2 Å². The smallest absolute Gasteiger partial charge is 0.295 e. The quantitative estimate of drug-likeness (QED) is 0.453. The zero-order valence-corrected chi connectivity index (χ0v) is 17.1. The van der Waals surface area contributed by atoms with E-state index in [0.29, 0.717) is 30.0 Å². The van der Waals surface area contributed by atoms with Crippen molar-refractivity contribution in [2.24, 2.45) is 0 Å². The molecule has 1 fully saturated rings. The van der Waals surface area contributed by atoms with Crippen LogP contribution in [0.3, 0.4) is 0 Å². The summed E-state index contributed by atoms with van der Waals surface area (Å²) in [5, 5.41) is 11.0. The van der Waals surface area contributed by atoms with E-state index in [-0.39, 0.29) is 11.3 Å². The van der Waals surface area contributed by atoms with E-state index < -0.39 is 17.7 Å². The molecule has 3 heterocycles. The molecule has 29 heavy (non-hydrogen) atoms. The topological polar surface area (TPSA) is 99.5 Å². The molecule has 152 valence electrons. The predicted molar refractivity (Wildman–Crippen MR) is 108 cm³/mol. The van der Waals surface area contributed by atoms with Crippen molar-refractivity contribution in [1.29, 1.82) is 0 Å². The second kappa shape index (κ2) is 8.48. The maximum atomic E-state index is 12.9. The van der Waals surface area contributed by atoms with Crippen molar-refractivity contribution in [1.82, 2.24) is 24.8 Å². The molecule has 0 aromatic carbocycles. The lowest BCUT2D eigenvalue weighted by Crippen LogP contribution is -2.32. The van der Waals surface area contributed by atoms with E-state index in [1.54, 1.807) is 38.4 Å². The molecule has 2 aromatic heterocycles. The van der Waals surface area contributed by atoms with Gasteiger partial charge in [0.1, 0.15) is 11.6 Å². The number of nitrogens with zero attached hydrogens (tertiary/aromatic N) is 5. The van der Waals surface area contributed by atoms with Crippen LogP contribution >= 0.6 is 0 Å². The summed E-state index contributed by atoms with van der Waals surface area (Å²) in [6.45, 7) is 4.66. The first-order valence-corrected chi connectivity index (χ1v) is 9.45. The Labute approximate surface area is 169 Å². The van der Waals surface area contributed by atoms with E-state index in [1.807, 2.05) is 19.0 Å². The number of likely N-dealkylation sites (tertiary alicyclic amines) is 1. The Morgan fingerprint density at radius 1 is 1.21 bits per heavy atom. The molecule has 1 atom stereocenters. The second-order valence-electron chi connectivity index (χ2n) is 7.35. The van der Waals surface area contributed by atoms with Gasteiger partial charge in [-0.1, -0.05) is 0 Å². The first-order chi connectivity index (χ1) is 13.8. The summed E-state index contributed by atoms with van der Waals surface area (Å²) in [7, 11) is 3.91. The fourth-order valence-electron chi connectivity index (χ4n) is 3.52. The number of amides is 1. The van der Waals surface area contributed by atoms with Crippen molar-refractivity contribution in [2.45, 2.75) is 26.3 Å². The van der Waals surface area contributed by atoms with Crippen molar-refractivity contribution in [3.05, 3.63) is 58.9 Å². The minimum atomic E-state index is -0.700. The molecular formula is C21H25N5O3. The summed E-state index contributed by atoms with van der Waals surface area (Å²) < 4.78 is 0. The van der Waals surface area contributed by atoms with Gasteiger partial charge in [-0.15, -0.1) is 0 Å². The van der Waals surface area contributed by atoms with Crippen LogP contribution in [-0.2, 0) is 9.59 Å². The van der Waals surface area contributed by atoms with Crippen molar-refractivity contribution < 1.29 is 14.7 Å². The lowest BCUT2D eigenvalue weighted by Gasteiger charge is -2.25. The maximum absolute atomic E-state index is 12.9. The van der Waals surface area contributed by atoms with Gasteiger partial charge >= 0.3 is 0 Å². The fraction of sp³-hybridized carbons (Fsp3) is 0.381. The number of hydrogen-bond acceptors (Lipinski definition) is 7. The predicted octanol–water partition coefficient (Wildman–Crippen LogP) is 1.86. The highest BCUT2D eigenvalue weighted by molar-refractivity contribution is 6.46. The van der Waals surface area contributed by atoms with Gasteiger partial charge in [0.25, 0.3) is 11.7 Å². The molecule has 0 radical (unpaired) electrons. The number of aromatic nitrogens is 3.